The Kier molecular flexibility index (Phi) is 7.30. The van der Waals surface area contributed by atoms with E-state index >= 15 is 4.39 Å². The SMILES string of the molecule is O=S(=O)(CC1CC1)c1ccc(C(CO)c2nc3c(Cl)c(-c4ccccc4OC(F)(F)F)c(Cl)cc3[nH]2)c(F)c1. The van der Waals surface area contributed by atoms with Gasteiger partial charge in [0.15, 0.2) is 9.84 Å². The van der Waals surface area contributed by atoms with Crippen molar-refractivity contribution in [2.75, 3.05) is 12.4 Å². The minimum atomic E-state index is -4.95. The molecule has 2 N–H and O–H groups in total. The molecule has 1 aliphatic rings. The number of aliphatic hydroxyl groups is 1. The van der Waals surface area contributed by atoms with Crippen molar-refractivity contribution in [2.24, 2.45) is 5.92 Å². The van der Waals surface area contributed by atoms with E-state index in [1.165, 1.54) is 36.4 Å². The number of aromatic nitrogens is 2. The Hall–Kier alpha value is -2.86. The number of benzene rings is 3. The zero-order valence-electron chi connectivity index (χ0n) is 19.9. The fraction of sp³-hybridized carbons (Fsp3) is 0.269. The lowest BCUT2D eigenvalue weighted by molar-refractivity contribution is -0.274. The maximum Gasteiger partial charge on any atom is 0.573 e. The van der Waals surface area contributed by atoms with Crippen molar-refractivity contribution in [3.05, 3.63) is 75.8 Å². The molecule has 0 amide bonds. The Morgan fingerprint density at radius 1 is 1.13 bits per heavy atom. The molecule has 6 nitrogen and oxygen atoms in total. The van der Waals surface area contributed by atoms with E-state index in [-0.39, 0.29) is 54.6 Å². The Morgan fingerprint density at radius 3 is 2.49 bits per heavy atom. The van der Waals surface area contributed by atoms with E-state index in [2.05, 4.69) is 14.7 Å². The first-order valence-electron chi connectivity index (χ1n) is 11.7. The molecule has 1 atom stereocenters. The number of nitrogens with one attached hydrogen (secondary N) is 1. The summed E-state index contributed by atoms with van der Waals surface area (Å²) >= 11 is 13.0. The Bertz CT molecular complexity index is 1670. The summed E-state index contributed by atoms with van der Waals surface area (Å²) in [4.78, 5) is 7.18. The van der Waals surface area contributed by atoms with Crippen molar-refractivity contribution in [3.63, 3.8) is 0 Å². The number of rotatable bonds is 8. The van der Waals surface area contributed by atoms with Crippen LogP contribution in [0.1, 0.15) is 30.1 Å². The second kappa shape index (κ2) is 10.3. The van der Waals surface area contributed by atoms with E-state index in [0.29, 0.717) is 5.52 Å². The predicted molar refractivity (Wildman–Crippen MR) is 138 cm³/mol. The summed E-state index contributed by atoms with van der Waals surface area (Å²) in [5, 5.41) is 10.0. The maximum absolute atomic E-state index is 15.2. The highest BCUT2D eigenvalue weighted by atomic mass is 35.5. The fourth-order valence-corrected chi connectivity index (χ4v) is 6.81. The summed E-state index contributed by atoms with van der Waals surface area (Å²) < 4.78 is 83.3. The first-order valence-corrected chi connectivity index (χ1v) is 14.1. The normalized spacial score (nSPS) is 15.1. The van der Waals surface area contributed by atoms with E-state index in [1.54, 1.807) is 0 Å². The van der Waals surface area contributed by atoms with E-state index in [0.717, 1.165) is 25.0 Å². The van der Waals surface area contributed by atoms with Crippen molar-refractivity contribution >= 4 is 44.1 Å². The van der Waals surface area contributed by atoms with Crippen LogP contribution in [0, 0.1) is 11.7 Å². The number of halogens is 6. The molecule has 0 saturated heterocycles. The number of fused-ring (bicyclic) bond motifs is 1. The molecule has 0 bridgehead atoms. The lowest BCUT2D eigenvalue weighted by atomic mass is 9.99. The van der Waals surface area contributed by atoms with Crippen LogP contribution in [0.25, 0.3) is 22.2 Å². The average Bonchev–Trinajstić information content (AvgIpc) is 3.55. The number of ether oxygens (including phenoxy) is 1. The summed E-state index contributed by atoms with van der Waals surface area (Å²) in [5.74, 6) is -2.25. The van der Waals surface area contributed by atoms with Crippen LogP contribution in [0.3, 0.4) is 0 Å². The van der Waals surface area contributed by atoms with Gasteiger partial charge >= 0.3 is 6.36 Å². The Balaban J connectivity index is 1.55. The summed E-state index contributed by atoms with van der Waals surface area (Å²) in [6.45, 7) is -0.592. The minimum Gasteiger partial charge on any atom is -0.405 e. The molecule has 206 valence electrons. The standard InChI is InChI=1S/C26H20Cl2F4N2O4S/c27-18-10-20-24(23(28)22(18)16-3-1-2-4-21(16)38-26(30,31)32)34-25(33-20)17(11-35)15-8-7-14(9-19(15)29)39(36,37)12-13-5-6-13/h1-4,7-10,13,17,35H,5-6,11-12H2,(H,33,34). The highest BCUT2D eigenvalue weighted by molar-refractivity contribution is 7.91. The van der Waals surface area contributed by atoms with E-state index in [1.807, 2.05) is 0 Å². The number of sulfone groups is 1. The summed E-state index contributed by atoms with van der Waals surface area (Å²) in [7, 11) is -3.65. The van der Waals surface area contributed by atoms with Crippen LogP contribution in [0.2, 0.25) is 10.0 Å². The zero-order chi connectivity index (χ0) is 28.1. The molecule has 0 radical (unpaired) electrons. The van der Waals surface area contributed by atoms with Crippen molar-refractivity contribution in [3.8, 4) is 16.9 Å². The quantitative estimate of drug-likeness (QED) is 0.214. The predicted octanol–water partition coefficient (Wildman–Crippen LogP) is 6.88. The summed E-state index contributed by atoms with van der Waals surface area (Å²) in [6.07, 6.45) is -3.30. The molecule has 0 aliphatic heterocycles. The minimum absolute atomic E-state index is 0.00197. The van der Waals surface area contributed by atoms with Gasteiger partial charge in [-0.3, -0.25) is 0 Å². The molecule has 3 aromatic carbocycles. The summed E-state index contributed by atoms with van der Waals surface area (Å²) in [6, 6.07) is 10.2. The monoisotopic (exact) mass is 602 g/mol. The third kappa shape index (κ3) is 5.72. The van der Waals surface area contributed by atoms with Crippen LogP contribution in [0.15, 0.2) is 53.4 Å². The van der Waals surface area contributed by atoms with Crippen molar-refractivity contribution in [1.82, 2.24) is 9.97 Å². The first kappa shape index (κ1) is 27.7. The van der Waals surface area contributed by atoms with Gasteiger partial charge in [0.05, 0.1) is 38.7 Å². The van der Waals surface area contributed by atoms with Crippen molar-refractivity contribution in [2.45, 2.75) is 30.0 Å². The van der Waals surface area contributed by atoms with Gasteiger partial charge in [0.25, 0.3) is 0 Å². The van der Waals surface area contributed by atoms with Gasteiger partial charge < -0.3 is 14.8 Å². The lowest BCUT2D eigenvalue weighted by Gasteiger charge is -2.15. The van der Waals surface area contributed by atoms with Gasteiger partial charge in [-0.05, 0) is 43.0 Å². The third-order valence-corrected chi connectivity index (χ3v) is 8.99. The highest BCUT2D eigenvalue weighted by Gasteiger charge is 2.33. The number of hydrogen-bond acceptors (Lipinski definition) is 5. The van der Waals surface area contributed by atoms with Gasteiger partial charge in [0.2, 0.25) is 0 Å². The number of imidazole rings is 1. The average molecular weight is 603 g/mol. The van der Waals surface area contributed by atoms with Crippen LogP contribution in [-0.4, -0.2) is 42.2 Å². The van der Waals surface area contributed by atoms with Crippen LogP contribution < -0.4 is 4.74 Å². The molecule has 5 rings (SSSR count). The topological polar surface area (TPSA) is 92.3 Å². The molecule has 1 saturated carbocycles. The Labute approximate surface area is 230 Å². The second-order valence-electron chi connectivity index (χ2n) is 9.25. The number of aliphatic hydroxyl groups excluding tert-OH is 1. The zero-order valence-corrected chi connectivity index (χ0v) is 22.2. The van der Waals surface area contributed by atoms with Crippen LogP contribution in [0.5, 0.6) is 5.75 Å². The molecule has 1 unspecified atom stereocenters. The maximum atomic E-state index is 15.2. The van der Waals surface area contributed by atoms with Gasteiger partial charge in [-0.15, -0.1) is 13.2 Å². The molecule has 1 heterocycles. The van der Waals surface area contributed by atoms with Gasteiger partial charge in [-0.1, -0.05) is 47.5 Å². The van der Waals surface area contributed by atoms with E-state index < -0.39 is 40.3 Å². The van der Waals surface area contributed by atoms with Gasteiger partial charge in [-0.25, -0.2) is 17.8 Å². The van der Waals surface area contributed by atoms with Gasteiger partial charge in [0, 0.05) is 16.7 Å². The third-order valence-electron chi connectivity index (χ3n) is 6.44. The molecular weight excluding hydrogens is 583 g/mol. The fourth-order valence-electron chi connectivity index (χ4n) is 4.41. The highest BCUT2D eigenvalue weighted by Crippen LogP contribution is 2.44. The molecule has 1 fully saturated rings. The number of para-hydroxylation sites is 1. The van der Waals surface area contributed by atoms with E-state index in [4.69, 9.17) is 23.2 Å². The first-order chi connectivity index (χ1) is 18.4. The number of nitrogens with zero attached hydrogens (tertiary/aromatic N) is 1. The molecule has 0 spiro atoms. The van der Waals surface area contributed by atoms with Crippen LogP contribution in [0.4, 0.5) is 17.6 Å². The molecule has 1 aromatic heterocycles. The van der Waals surface area contributed by atoms with Crippen LogP contribution in [-0.2, 0) is 9.84 Å². The molecule has 4 aromatic rings. The van der Waals surface area contributed by atoms with Crippen molar-refractivity contribution < 1.29 is 35.8 Å². The Morgan fingerprint density at radius 2 is 1.85 bits per heavy atom. The summed E-state index contributed by atoms with van der Waals surface area (Å²) in [5.41, 5.74) is 0.425. The van der Waals surface area contributed by atoms with E-state index in [9.17, 15) is 26.7 Å². The molecule has 13 heteroatoms. The number of H-pyrrole nitrogens is 1. The number of aromatic amines is 1. The largest absolute Gasteiger partial charge is 0.573 e. The van der Waals surface area contributed by atoms with Crippen molar-refractivity contribution in [1.29, 1.82) is 0 Å². The van der Waals surface area contributed by atoms with Crippen LogP contribution >= 0.6 is 23.2 Å². The molecule has 39 heavy (non-hydrogen) atoms. The van der Waals surface area contributed by atoms with Gasteiger partial charge in [-0.2, -0.15) is 0 Å². The lowest BCUT2D eigenvalue weighted by Crippen LogP contribution is -2.17. The molecule has 1 aliphatic carbocycles. The molecular formula is C26H20Cl2F4N2O4S. The van der Waals surface area contributed by atoms with Gasteiger partial charge in [0.1, 0.15) is 22.9 Å². The number of alkyl halides is 3. The number of hydrogen-bond donors (Lipinski definition) is 2. The second-order valence-corrected chi connectivity index (χ2v) is 12.1. The smallest absolute Gasteiger partial charge is 0.405 e.